The van der Waals surface area contributed by atoms with E-state index in [1.54, 1.807) is 7.11 Å². The molecule has 0 aliphatic carbocycles. The quantitative estimate of drug-likeness (QED) is 0.781. The van der Waals surface area contributed by atoms with E-state index in [1.165, 1.54) is 11.1 Å². The molecule has 0 heterocycles. The lowest BCUT2D eigenvalue weighted by Gasteiger charge is -2.29. The maximum Gasteiger partial charge on any atom is 0.0716 e. The van der Waals surface area contributed by atoms with Crippen LogP contribution >= 0.6 is 0 Å². The first kappa shape index (κ1) is 14.2. The lowest BCUT2D eigenvalue weighted by atomic mass is 9.95. The lowest BCUT2D eigenvalue weighted by molar-refractivity contribution is 0.183. The second kappa shape index (κ2) is 6.77. The van der Waals surface area contributed by atoms with Crippen LogP contribution in [0, 0.1) is 0 Å². The van der Waals surface area contributed by atoms with Crippen LogP contribution in [0.1, 0.15) is 44.7 Å². The molecule has 0 bridgehead atoms. The van der Waals surface area contributed by atoms with Crippen molar-refractivity contribution >= 4 is 0 Å². The zero-order valence-corrected chi connectivity index (χ0v) is 11.5. The molecule has 0 atom stereocenters. The van der Waals surface area contributed by atoms with Gasteiger partial charge in [-0.1, -0.05) is 38.1 Å². The number of benzene rings is 1. The molecule has 0 aromatic heterocycles. The Morgan fingerprint density at radius 1 is 1.12 bits per heavy atom. The van der Waals surface area contributed by atoms with E-state index < -0.39 is 0 Å². The van der Waals surface area contributed by atoms with Crippen molar-refractivity contribution in [2.45, 2.75) is 52.3 Å². The van der Waals surface area contributed by atoms with Crippen LogP contribution < -0.4 is 5.32 Å². The van der Waals surface area contributed by atoms with Crippen LogP contribution in [0.25, 0.3) is 0 Å². The van der Waals surface area contributed by atoms with Crippen molar-refractivity contribution in [1.82, 2.24) is 5.32 Å². The van der Waals surface area contributed by atoms with Gasteiger partial charge in [-0.3, -0.25) is 0 Å². The summed E-state index contributed by atoms with van der Waals surface area (Å²) in [5.74, 6) is 0. The van der Waals surface area contributed by atoms with Crippen molar-refractivity contribution in [1.29, 1.82) is 0 Å². The van der Waals surface area contributed by atoms with Crippen LogP contribution in [0.3, 0.4) is 0 Å². The summed E-state index contributed by atoms with van der Waals surface area (Å²) in [6.07, 6.45) is 2.30. The standard InChI is InChI=1S/C15H25NO/c1-5-15(3,6-2)16-11-13-9-7-8-10-14(13)12-17-4/h7-10,16H,5-6,11-12H2,1-4H3. The molecular formula is C15H25NO. The van der Waals surface area contributed by atoms with E-state index in [4.69, 9.17) is 4.74 Å². The van der Waals surface area contributed by atoms with Gasteiger partial charge in [0.05, 0.1) is 6.61 Å². The molecule has 0 fully saturated rings. The zero-order valence-electron chi connectivity index (χ0n) is 11.5. The summed E-state index contributed by atoms with van der Waals surface area (Å²) in [6, 6.07) is 8.46. The molecule has 0 amide bonds. The van der Waals surface area contributed by atoms with Gasteiger partial charge in [0.1, 0.15) is 0 Å². The molecule has 0 radical (unpaired) electrons. The third-order valence-electron chi connectivity index (χ3n) is 3.68. The maximum absolute atomic E-state index is 5.23. The Morgan fingerprint density at radius 3 is 2.24 bits per heavy atom. The molecule has 2 heteroatoms. The third-order valence-corrected chi connectivity index (χ3v) is 3.68. The minimum absolute atomic E-state index is 0.236. The smallest absolute Gasteiger partial charge is 0.0716 e. The summed E-state index contributed by atoms with van der Waals surface area (Å²) in [5.41, 5.74) is 2.85. The van der Waals surface area contributed by atoms with E-state index in [1.807, 2.05) is 0 Å². The van der Waals surface area contributed by atoms with Crippen LogP contribution in [0.15, 0.2) is 24.3 Å². The molecule has 17 heavy (non-hydrogen) atoms. The monoisotopic (exact) mass is 235 g/mol. The van der Waals surface area contributed by atoms with Crippen molar-refractivity contribution in [3.8, 4) is 0 Å². The van der Waals surface area contributed by atoms with Crippen LogP contribution in [0.5, 0.6) is 0 Å². The average molecular weight is 235 g/mol. The minimum Gasteiger partial charge on any atom is -0.380 e. The van der Waals surface area contributed by atoms with Gasteiger partial charge >= 0.3 is 0 Å². The molecule has 1 aromatic rings. The molecule has 1 aromatic carbocycles. The molecule has 0 aliphatic heterocycles. The first-order valence-corrected chi connectivity index (χ1v) is 6.46. The molecule has 0 saturated carbocycles. The fraction of sp³-hybridized carbons (Fsp3) is 0.600. The van der Waals surface area contributed by atoms with Gasteiger partial charge < -0.3 is 10.1 Å². The van der Waals surface area contributed by atoms with Gasteiger partial charge in [0.15, 0.2) is 0 Å². The largest absolute Gasteiger partial charge is 0.380 e. The topological polar surface area (TPSA) is 21.3 Å². The van der Waals surface area contributed by atoms with E-state index in [0.717, 1.165) is 19.4 Å². The Labute approximate surface area is 105 Å². The molecule has 0 aliphatic rings. The highest BCUT2D eigenvalue weighted by Gasteiger charge is 2.18. The molecular weight excluding hydrogens is 210 g/mol. The number of hydrogen-bond acceptors (Lipinski definition) is 2. The summed E-state index contributed by atoms with van der Waals surface area (Å²) < 4.78 is 5.23. The highest BCUT2D eigenvalue weighted by molar-refractivity contribution is 5.26. The Kier molecular flexibility index (Phi) is 5.66. The molecule has 0 unspecified atom stereocenters. The van der Waals surface area contributed by atoms with Gasteiger partial charge in [-0.2, -0.15) is 0 Å². The summed E-state index contributed by atoms with van der Waals surface area (Å²) in [4.78, 5) is 0. The Bertz CT molecular complexity index is 331. The molecule has 2 nitrogen and oxygen atoms in total. The summed E-state index contributed by atoms with van der Waals surface area (Å²) in [6.45, 7) is 8.35. The summed E-state index contributed by atoms with van der Waals surface area (Å²) >= 11 is 0. The lowest BCUT2D eigenvalue weighted by Crippen LogP contribution is -2.40. The number of methoxy groups -OCH3 is 1. The van der Waals surface area contributed by atoms with Crippen molar-refractivity contribution in [3.63, 3.8) is 0 Å². The molecule has 1 N–H and O–H groups in total. The van der Waals surface area contributed by atoms with Crippen molar-refractivity contribution < 1.29 is 4.74 Å². The Balaban J connectivity index is 2.68. The number of nitrogens with one attached hydrogen (secondary N) is 1. The summed E-state index contributed by atoms with van der Waals surface area (Å²) in [7, 11) is 1.74. The van der Waals surface area contributed by atoms with E-state index in [2.05, 4.69) is 50.4 Å². The fourth-order valence-electron chi connectivity index (χ4n) is 1.83. The van der Waals surface area contributed by atoms with Crippen LogP contribution in [0.2, 0.25) is 0 Å². The Morgan fingerprint density at radius 2 is 1.71 bits per heavy atom. The highest BCUT2D eigenvalue weighted by Crippen LogP contribution is 2.16. The first-order valence-electron chi connectivity index (χ1n) is 6.46. The molecule has 1 rings (SSSR count). The average Bonchev–Trinajstić information content (AvgIpc) is 2.38. The molecule has 0 saturated heterocycles. The van der Waals surface area contributed by atoms with Gasteiger partial charge in [-0.05, 0) is 30.9 Å². The summed E-state index contributed by atoms with van der Waals surface area (Å²) in [5, 5.41) is 3.66. The van der Waals surface area contributed by atoms with Gasteiger partial charge in [0, 0.05) is 19.2 Å². The van der Waals surface area contributed by atoms with Crippen molar-refractivity contribution in [3.05, 3.63) is 35.4 Å². The van der Waals surface area contributed by atoms with Gasteiger partial charge in [0.2, 0.25) is 0 Å². The van der Waals surface area contributed by atoms with E-state index >= 15 is 0 Å². The van der Waals surface area contributed by atoms with Gasteiger partial charge in [0.25, 0.3) is 0 Å². The zero-order chi connectivity index (χ0) is 12.7. The molecule has 96 valence electrons. The number of ether oxygens (including phenoxy) is 1. The minimum atomic E-state index is 0.236. The van der Waals surface area contributed by atoms with Crippen LogP contribution in [-0.2, 0) is 17.9 Å². The molecule has 0 spiro atoms. The van der Waals surface area contributed by atoms with E-state index in [-0.39, 0.29) is 5.54 Å². The van der Waals surface area contributed by atoms with Crippen molar-refractivity contribution in [2.24, 2.45) is 0 Å². The maximum atomic E-state index is 5.23. The number of hydrogen-bond donors (Lipinski definition) is 1. The van der Waals surface area contributed by atoms with Gasteiger partial charge in [-0.15, -0.1) is 0 Å². The first-order chi connectivity index (χ1) is 8.15. The van der Waals surface area contributed by atoms with Crippen molar-refractivity contribution in [2.75, 3.05) is 7.11 Å². The predicted octanol–water partition coefficient (Wildman–Crippen LogP) is 3.50. The highest BCUT2D eigenvalue weighted by atomic mass is 16.5. The second-order valence-corrected chi connectivity index (χ2v) is 4.82. The van der Waals surface area contributed by atoms with E-state index in [9.17, 15) is 0 Å². The SMILES string of the molecule is CCC(C)(CC)NCc1ccccc1COC. The van der Waals surface area contributed by atoms with Gasteiger partial charge in [-0.25, -0.2) is 0 Å². The second-order valence-electron chi connectivity index (χ2n) is 4.82. The predicted molar refractivity (Wildman–Crippen MR) is 73.0 cm³/mol. The fourth-order valence-corrected chi connectivity index (χ4v) is 1.83. The van der Waals surface area contributed by atoms with Crippen LogP contribution in [0.4, 0.5) is 0 Å². The van der Waals surface area contributed by atoms with Crippen LogP contribution in [-0.4, -0.2) is 12.6 Å². The Hall–Kier alpha value is -0.860. The number of rotatable bonds is 7. The third kappa shape index (κ3) is 4.14. The normalized spacial score (nSPS) is 11.8. The van der Waals surface area contributed by atoms with E-state index in [0.29, 0.717) is 6.61 Å².